The fourth-order valence-electron chi connectivity index (χ4n) is 1.31. The minimum atomic E-state index is -5.58. The van der Waals surface area contributed by atoms with Gasteiger partial charge in [0.2, 0.25) is 5.78 Å². The van der Waals surface area contributed by atoms with Gasteiger partial charge in [0.1, 0.15) is 0 Å². The van der Waals surface area contributed by atoms with Gasteiger partial charge in [-0.1, -0.05) is 0 Å². The molecule has 0 aromatic rings. The Kier molecular flexibility index (Phi) is 4.28. The average molecular weight is 344 g/mol. The molecule has 0 unspecified atom stereocenters. The van der Waals surface area contributed by atoms with Crippen LogP contribution in [0.3, 0.4) is 0 Å². The molecule has 0 spiro atoms. The molecule has 0 aliphatic heterocycles. The van der Waals surface area contributed by atoms with Crippen molar-refractivity contribution < 1.29 is 55.3 Å². The van der Waals surface area contributed by atoms with Crippen LogP contribution >= 0.6 is 0 Å². The van der Waals surface area contributed by atoms with Crippen LogP contribution in [-0.2, 0) is 34.5 Å². The summed E-state index contributed by atoms with van der Waals surface area (Å²) in [6.45, 7) is 0. The highest BCUT2D eigenvalue weighted by atomic mass is 32.2. The van der Waals surface area contributed by atoms with Crippen molar-refractivity contribution >= 4 is 39.1 Å². The van der Waals surface area contributed by atoms with Gasteiger partial charge in [-0.15, -0.1) is 0 Å². The van der Waals surface area contributed by atoms with E-state index < -0.39 is 60.5 Å². The van der Waals surface area contributed by atoms with Crippen LogP contribution in [0.15, 0.2) is 21.3 Å². The maximum Gasteiger partial charge on any atom is 0.707 e. The first-order chi connectivity index (χ1) is 9.28. The molecule has 1 rings (SSSR count). The van der Waals surface area contributed by atoms with E-state index in [0.717, 1.165) is 0 Å². The maximum atomic E-state index is 11.6. The predicted octanol–water partition coefficient (Wildman–Crippen LogP) is -3.12. The second-order valence-corrected chi connectivity index (χ2v) is 6.11. The fraction of sp³-hybridized carbons (Fsp3) is 0. The lowest BCUT2D eigenvalue weighted by atomic mass is 10.1. The Morgan fingerprint density at radius 2 is 1.29 bits per heavy atom. The fourth-order valence-corrected chi connectivity index (χ4v) is 2.76. The van der Waals surface area contributed by atoms with Gasteiger partial charge in [0.25, 0.3) is 5.78 Å². The number of aliphatic hydroxyl groups is 1. The third-order valence-corrected chi connectivity index (χ3v) is 3.78. The lowest BCUT2D eigenvalue weighted by molar-refractivity contribution is -0.119. The van der Waals surface area contributed by atoms with Gasteiger partial charge in [0.05, 0.1) is 0 Å². The number of aliphatic hydroxyl groups excluding tert-OH is 1. The lowest BCUT2D eigenvalue weighted by Crippen LogP contribution is -2.34. The number of ketones is 2. The summed E-state index contributed by atoms with van der Waals surface area (Å²) in [7, 11) is -14.0. The molecule has 1 aliphatic rings. The molecule has 0 bridgehead atoms. The average Bonchev–Trinajstić information content (AvgIpc) is 2.20. The SMILES string of the molecule is O=C1C(O)=C(S(=O)(=O)O)C(=O)C(S(=O)(=O)O)=C1OB(O)O. The lowest BCUT2D eigenvalue weighted by Gasteiger charge is -2.18. The Hall–Kier alpha value is -1.78. The largest absolute Gasteiger partial charge is 0.707 e. The summed E-state index contributed by atoms with van der Waals surface area (Å²) >= 11 is 0. The standard InChI is InChI=1S/C6H5BO12S2/c8-1-2(9)5(20(13,14)15)3(10)6(21(16,17)18)4(1)19-7(11)12/h9,11-12H,(H,13,14,15)(H,16,17,18). The number of carbonyl (C=O) groups is 2. The molecule has 1 aliphatic carbocycles. The minimum Gasteiger partial charge on any atom is -0.508 e. The third-order valence-electron chi connectivity index (χ3n) is 1.99. The number of hydrogen-bond donors (Lipinski definition) is 5. The van der Waals surface area contributed by atoms with E-state index in [0.29, 0.717) is 0 Å². The van der Waals surface area contributed by atoms with Gasteiger partial charge < -0.3 is 19.8 Å². The van der Waals surface area contributed by atoms with E-state index >= 15 is 0 Å². The van der Waals surface area contributed by atoms with E-state index in [1.54, 1.807) is 0 Å². The molecule has 0 fully saturated rings. The molecular formula is C6H5BO12S2. The first-order valence-corrected chi connectivity index (χ1v) is 7.41. The van der Waals surface area contributed by atoms with E-state index in [9.17, 15) is 31.5 Å². The summed E-state index contributed by atoms with van der Waals surface area (Å²) in [5.41, 5.74) is 0. The van der Waals surface area contributed by atoms with Crippen LogP contribution in [0.5, 0.6) is 0 Å². The van der Waals surface area contributed by atoms with Crippen molar-refractivity contribution in [3.8, 4) is 0 Å². The van der Waals surface area contributed by atoms with E-state index in [-0.39, 0.29) is 0 Å². The number of carbonyl (C=O) groups excluding carboxylic acids is 2. The van der Waals surface area contributed by atoms with Crippen molar-refractivity contribution in [3.63, 3.8) is 0 Å². The Balaban J connectivity index is 3.77. The molecule has 0 heterocycles. The van der Waals surface area contributed by atoms with Crippen LogP contribution in [0.1, 0.15) is 0 Å². The number of Topliss-reactive ketones (excluding diaryl/α,β-unsaturated/α-hetero) is 2. The number of rotatable bonds is 4. The van der Waals surface area contributed by atoms with E-state index in [2.05, 4.69) is 4.65 Å². The molecule has 0 atom stereocenters. The molecule has 0 aromatic carbocycles. The summed E-state index contributed by atoms with van der Waals surface area (Å²) in [5, 5.41) is 26.2. The van der Waals surface area contributed by atoms with Gasteiger partial charge >= 0.3 is 27.6 Å². The smallest absolute Gasteiger partial charge is 0.508 e. The van der Waals surface area contributed by atoms with Gasteiger partial charge in [0, 0.05) is 0 Å². The van der Waals surface area contributed by atoms with Gasteiger partial charge in [-0.25, -0.2) is 0 Å². The molecule has 0 aromatic heterocycles. The molecular weight excluding hydrogens is 339 g/mol. The van der Waals surface area contributed by atoms with Crippen molar-refractivity contribution in [1.29, 1.82) is 0 Å². The van der Waals surface area contributed by atoms with Crippen LogP contribution in [0.25, 0.3) is 0 Å². The summed E-state index contributed by atoms with van der Waals surface area (Å²) in [4.78, 5) is 19.1. The minimum absolute atomic E-state index is 1.73. The maximum absolute atomic E-state index is 11.6. The Bertz CT molecular complexity index is 782. The highest BCUT2D eigenvalue weighted by Crippen LogP contribution is 2.29. The zero-order valence-electron chi connectivity index (χ0n) is 9.49. The predicted molar refractivity (Wildman–Crippen MR) is 61.1 cm³/mol. The van der Waals surface area contributed by atoms with Gasteiger partial charge in [0.15, 0.2) is 21.3 Å². The molecule has 21 heavy (non-hydrogen) atoms. The van der Waals surface area contributed by atoms with Crippen LogP contribution in [-0.4, -0.2) is 60.0 Å². The van der Waals surface area contributed by atoms with Crippen LogP contribution in [0.2, 0.25) is 0 Å². The summed E-state index contributed by atoms with van der Waals surface area (Å²) < 4.78 is 65.1. The quantitative estimate of drug-likeness (QED) is 0.195. The first-order valence-electron chi connectivity index (χ1n) is 4.53. The van der Waals surface area contributed by atoms with Crippen LogP contribution < -0.4 is 0 Å². The molecule has 0 saturated heterocycles. The van der Waals surface area contributed by atoms with Gasteiger partial charge in [-0.3, -0.25) is 18.7 Å². The van der Waals surface area contributed by atoms with Crippen molar-refractivity contribution in [3.05, 3.63) is 21.3 Å². The van der Waals surface area contributed by atoms with E-state index in [1.165, 1.54) is 0 Å². The topological polar surface area (TPSA) is 213 Å². The molecule has 116 valence electrons. The zero-order chi connectivity index (χ0) is 16.7. The van der Waals surface area contributed by atoms with Gasteiger partial charge in [-0.05, 0) is 0 Å². The Labute approximate surface area is 116 Å². The highest BCUT2D eigenvalue weighted by Gasteiger charge is 2.47. The van der Waals surface area contributed by atoms with Crippen LogP contribution in [0, 0.1) is 0 Å². The molecule has 5 N–H and O–H groups in total. The van der Waals surface area contributed by atoms with Crippen molar-refractivity contribution in [2.24, 2.45) is 0 Å². The monoisotopic (exact) mass is 344 g/mol. The summed E-state index contributed by atoms with van der Waals surface area (Å²) in [6, 6.07) is 0. The summed E-state index contributed by atoms with van der Waals surface area (Å²) in [5.74, 6) is -7.86. The second kappa shape index (κ2) is 5.21. The zero-order valence-corrected chi connectivity index (χ0v) is 11.1. The Morgan fingerprint density at radius 3 is 1.62 bits per heavy atom. The van der Waals surface area contributed by atoms with Crippen LogP contribution in [0.4, 0.5) is 0 Å². The first kappa shape index (κ1) is 17.3. The van der Waals surface area contributed by atoms with E-state index in [4.69, 9.17) is 19.2 Å². The Morgan fingerprint density at radius 1 is 0.857 bits per heavy atom. The van der Waals surface area contributed by atoms with Crippen molar-refractivity contribution in [2.75, 3.05) is 0 Å². The number of hydrogen-bond acceptors (Lipinski definition) is 10. The number of allylic oxidation sites excluding steroid dienone is 2. The highest BCUT2D eigenvalue weighted by molar-refractivity contribution is 7.93. The molecule has 12 nitrogen and oxygen atoms in total. The summed E-state index contributed by atoms with van der Waals surface area (Å²) in [6.07, 6.45) is 0. The van der Waals surface area contributed by atoms with Crippen molar-refractivity contribution in [1.82, 2.24) is 0 Å². The molecule has 15 heteroatoms. The molecule has 0 saturated carbocycles. The third kappa shape index (κ3) is 3.28. The van der Waals surface area contributed by atoms with Gasteiger partial charge in [-0.2, -0.15) is 16.8 Å². The normalized spacial score (nSPS) is 17.3. The molecule has 0 radical (unpaired) electrons. The van der Waals surface area contributed by atoms with E-state index in [1.807, 2.05) is 0 Å². The second-order valence-electron chi connectivity index (χ2n) is 3.39. The molecule has 0 amide bonds. The van der Waals surface area contributed by atoms with Crippen molar-refractivity contribution in [2.45, 2.75) is 0 Å².